The molecule has 0 atom stereocenters. The van der Waals surface area contributed by atoms with Crippen molar-refractivity contribution in [3.05, 3.63) is 59.7 Å². The standard InChI is InChI=1S/C29H38N2O2/c1-30-17-13-22(14-18-30)7-6-8-23-15-19-31(20-16-23)29(32)33-21-28-26-11-4-2-9-24(26)25-10-3-5-12-27(25)28/h2-5,9-12,22-23,28H,6-8,13-21H2,1H3. The van der Waals surface area contributed by atoms with Crippen LogP contribution >= 0.6 is 0 Å². The lowest BCUT2D eigenvalue weighted by atomic mass is 9.87. The predicted molar refractivity (Wildman–Crippen MR) is 133 cm³/mol. The van der Waals surface area contributed by atoms with E-state index in [0.717, 1.165) is 37.8 Å². The smallest absolute Gasteiger partial charge is 0.409 e. The highest BCUT2D eigenvalue weighted by atomic mass is 16.6. The van der Waals surface area contributed by atoms with Gasteiger partial charge in [0.15, 0.2) is 0 Å². The Morgan fingerprint density at radius 1 is 0.818 bits per heavy atom. The highest BCUT2D eigenvalue weighted by molar-refractivity contribution is 5.79. The van der Waals surface area contributed by atoms with Crippen molar-refractivity contribution in [2.75, 3.05) is 39.8 Å². The Labute approximate surface area is 198 Å². The lowest BCUT2D eigenvalue weighted by Gasteiger charge is -2.32. The number of hydrogen-bond donors (Lipinski definition) is 0. The summed E-state index contributed by atoms with van der Waals surface area (Å²) in [5.41, 5.74) is 5.09. The van der Waals surface area contributed by atoms with Gasteiger partial charge in [0.05, 0.1) is 0 Å². The topological polar surface area (TPSA) is 32.8 Å². The highest BCUT2D eigenvalue weighted by Crippen LogP contribution is 2.44. The van der Waals surface area contributed by atoms with Gasteiger partial charge in [-0.2, -0.15) is 0 Å². The molecule has 0 N–H and O–H groups in total. The van der Waals surface area contributed by atoms with Gasteiger partial charge in [-0.15, -0.1) is 0 Å². The van der Waals surface area contributed by atoms with Crippen molar-refractivity contribution in [1.29, 1.82) is 0 Å². The molecule has 1 aliphatic carbocycles. The Morgan fingerprint density at radius 2 is 1.33 bits per heavy atom. The highest BCUT2D eigenvalue weighted by Gasteiger charge is 2.30. The summed E-state index contributed by atoms with van der Waals surface area (Å²) in [7, 11) is 2.24. The SMILES string of the molecule is CN1CCC(CCCC2CCN(C(=O)OCC3c4ccccc4-c4ccccc43)CC2)CC1. The number of benzene rings is 2. The molecule has 0 saturated carbocycles. The summed E-state index contributed by atoms with van der Waals surface area (Å²) < 4.78 is 5.87. The zero-order chi connectivity index (χ0) is 22.6. The minimum absolute atomic E-state index is 0.137. The van der Waals surface area contributed by atoms with E-state index in [1.165, 1.54) is 67.4 Å². The third-order valence-corrected chi connectivity index (χ3v) is 8.27. The first kappa shape index (κ1) is 22.5. The van der Waals surface area contributed by atoms with Crippen LogP contribution in [-0.2, 0) is 4.74 Å². The molecule has 0 bridgehead atoms. The second kappa shape index (κ2) is 10.3. The number of likely N-dealkylation sites (tertiary alicyclic amines) is 2. The number of piperidine rings is 2. The number of carbonyl (C=O) groups is 1. The van der Waals surface area contributed by atoms with Gasteiger partial charge in [0.1, 0.15) is 6.61 Å². The van der Waals surface area contributed by atoms with Crippen LogP contribution in [0.1, 0.15) is 62.0 Å². The molecule has 0 spiro atoms. The van der Waals surface area contributed by atoms with E-state index in [-0.39, 0.29) is 12.0 Å². The van der Waals surface area contributed by atoms with Crippen LogP contribution in [0, 0.1) is 11.8 Å². The summed E-state index contributed by atoms with van der Waals surface area (Å²) in [6.07, 6.45) is 8.92. The van der Waals surface area contributed by atoms with Crippen molar-refractivity contribution in [2.24, 2.45) is 11.8 Å². The van der Waals surface area contributed by atoms with E-state index in [9.17, 15) is 4.79 Å². The molecule has 4 heteroatoms. The number of ether oxygens (including phenoxy) is 1. The molecule has 0 unspecified atom stereocenters. The quantitative estimate of drug-likeness (QED) is 0.533. The maximum atomic E-state index is 12.8. The Balaban J connectivity index is 1.07. The molecule has 3 aliphatic rings. The zero-order valence-electron chi connectivity index (χ0n) is 20.0. The molecule has 2 saturated heterocycles. The lowest BCUT2D eigenvalue weighted by Crippen LogP contribution is -2.39. The molecule has 176 valence electrons. The van der Waals surface area contributed by atoms with Gasteiger partial charge in [-0.1, -0.05) is 67.8 Å². The van der Waals surface area contributed by atoms with Gasteiger partial charge in [0.25, 0.3) is 0 Å². The third kappa shape index (κ3) is 5.11. The first-order chi connectivity index (χ1) is 16.2. The number of fused-ring (bicyclic) bond motifs is 3. The molecular weight excluding hydrogens is 408 g/mol. The van der Waals surface area contributed by atoms with Crippen LogP contribution in [-0.4, -0.2) is 55.7 Å². The van der Waals surface area contributed by atoms with Crippen LogP contribution in [0.3, 0.4) is 0 Å². The summed E-state index contributed by atoms with van der Waals surface area (Å²) in [6.45, 7) is 4.64. The van der Waals surface area contributed by atoms with Crippen LogP contribution in [0.2, 0.25) is 0 Å². The van der Waals surface area contributed by atoms with Crippen molar-refractivity contribution >= 4 is 6.09 Å². The van der Waals surface area contributed by atoms with Crippen LogP contribution in [0.15, 0.2) is 48.5 Å². The molecule has 2 fully saturated rings. The Morgan fingerprint density at radius 3 is 1.91 bits per heavy atom. The largest absolute Gasteiger partial charge is 0.448 e. The van der Waals surface area contributed by atoms with E-state index in [4.69, 9.17) is 4.74 Å². The molecule has 2 aromatic rings. The molecule has 0 aromatic heterocycles. The van der Waals surface area contributed by atoms with Gasteiger partial charge in [-0.25, -0.2) is 4.79 Å². The maximum absolute atomic E-state index is 12.8. The van der Waals surface area contributed by atoms with Gasteiger partial charge in [-0.05, 0) is 79.9 Å². The van der Waals surface area contributed by atoms with Gasteiger partial charge >= 0.3 is 6.09 Å². The van der Waals surface area contributed by atoms with E-state index in [2.05, 4.69) is 60.5 Å². The van der Waals surface area contributed by atoms with Gasteiger partial charge in [0, 0.05) is 19.0 Å². The number of rotatable bonds is 6. The predicted octanol–water partition coefficient (Wildman–Crippen LogP) is 6.16. The molecule has 4 nitrogen and oxygen atoms in total. The van der Waals surface area contributed by atoms with Gasteiger partial charge < -0.3 is 14.5 Å². The third-order valence-electron chi connectivity index (χ3n) is 8.27. The first-order valence-corrected chi connectivity index (χ1v) is 13.0. The normalized spacial score (nSPS) is 20.0. The van der Waals surface area contributed by atoms with E-state index in [0.29, 0.717) is 6.61 Å². The Kier molecular flexibility index (Phi) is 7.01. The molecule has 33 heavy (non-hydrogen) atoms. The number of amides is 1. The summed E-state index contributed by atoms with van der Waals surface area (Å²) in [4.78, 5) is 17.2. The Bertz CT molecular complexity index is 897. The van der Waals surface area contributed by atoms with Crippen LogP contribution < -0.4 is 0 Å². The van der Waals surface area contributed by atoms with E-state index in [1.54, 1.807) is 0 Å². The summed E-state index contributed by atoms with van der Waals surface area (Å²) in [5.74, 6) is 1.84. The number of carbonyl (C=O) groups excluding carboxylic acids is 1. The summed E-state index contributed by atoms with van der Waals surface area (Å²) in [5, 5.41) is 0. The monoisotopic (exact) mass is 446 g/mol. The molecule has 5 rings (SSSR count). The maximum Gasteiger partial charge on any atom is 0.409 e. The number of nitrogens with zero attached hydrogens (tertiary/aromatic N) is 2. The van der Waals surface area contributed by atoms with Crippen molar-refractivity contribution < 1.29 is 9.53 Å². The minimum atomic E-state index is -0.137. The molecular formula is C29H38N2O2. The van der Waals surface area contributed by atoms with Crippen molar-refractivity contribution in [3.63, 3.8) is 0 Å². The fourth-order valence-electron chi connectivity index (χ4n) is 6.14. The second-order valence-electron chi connectivity index (χ2n) is 10.4. The van der Waals surface area contributed by atoms with Crippen LogP contribution in [0.25, 0.3) is 11.1 Å². The summed E-state index contributed by atoms with van der Waals surface area (Å²) >= 11 is 0. The van der Waals surface area contributed by atoms with Crippen LogP contribution in [0.4, 0.5) is 4.79 Å². The van der Waals surface area contributed by atoms with Crippen molar-refractivity contribution in [2.45, 2.75) is 50.9 Å². The number of hydrogen-bond acceptors (Lipinski definition) is 3. The van der Waals surface area contributed by atoms with E-state index >= 15 is 0 Å². The summed E-state index contributed by atoms with van der Waals surface area (Å²) in [6, 6.07) is 17.0. The van der Waals surface area contributed by atoms with Crippen molar-refractivity contribution in [3.8, 4) is 11.1 Å². The molecule has 2 aliphatic heterocycles. The zero-order valence-corrected chi connectivity index (χ0v) is 20.0. The first-order valence-electron chi connectivity index (χ1n) is 13.0. The molecule has 1 amide bonds. The van der Waals surface area contributed by atoms with Crippen LogP contribution in [0.5, 0.6) is 0 Å². The van der Waals surface area contributed by atoms with Gasteiger partial charge in [-0.3, -0.25) is 0 Å². The fourth-order valence-corrected chi connectivity index (χ4v) is 6.14. The molecule has 0 radical (unpaired) electrons. The second-order valence-corrected chi connectivity index (χ2v) is 10.4. The average Bonchev–Trinajstić information content (AvgIpc) is 3.18. The van der Waals surface area contributed by atoms with E-state index in [1.807, 2.05) is 4.90 Å². The minimum Gasteiger partial charge on any atom is -0.448 e. The van der Waals surface area contributed by atoms with Gasteiger partial charge in [0.2, 0.25) is 0 Å². The Hall–Kier alpha value is -2.33. The van der Waals surface area contributed by atoms with E-state index < -0.39 is 0 Å². The molecule has 2 aromatic carbocycles. The molecule has 2 heterocycles. The lowest BCUT2D eigenvalue weighted by molar-refractivity contribution is 0.0842. The van der Waals surface area contributed by atoms with Crippen molar-refractivity contribution in [1.82, 2.24) is 9.80 Å². The average molecular weight is 447 g/mol. The fraction of sp³-hybridized carbons (Fsp3) is 0.552.